The van der Waals surface area contributed by atoms with Gasteiger partial charge in [0, 0.05) is 10.6 Å². The van der Waals surface area contributed by atoms with Crippen LogP contribution in [0, 0.1) is 5.92 Å². The fraction of sp³-hybridized carbons (Fsp3) is 0.538. The molecule has 2 rings (SSSR count). The van der Waals surface area contributed by atoms with Crippen molar-refractivity contribution in [3.63, 3.8) is 0 Å². The molecule has 0 spiro atoms. The van der Waals surface area contributed by atoms with Gasteiger partial charge in [-0.15, -0.1) is 11.8 Å². The second-order valence-electron chi connectivity index (χ2n) is 4.57. The maximum atomic E-state index is 10.1. The number of benzene rings is 1. The van der Waals surface area contributed by atoms with Gasteiger partial charge in [0.1, 0.15) is 0 Å². The maximum absolute atomic E-state index is 10.1. The Morgan fingerprint density at radius 2 is 2.13 bits per heavy atom. The van der Waals surface area contributed by atoms with E-state index in [1.807, 2.05) is 24.8 Å². The Balaban J connectivity index is 1.89. The summed E-state index contributed by atoms with van der Waals surface area (Å²) < 4.78 is 0. The predicted molar refractivity (Wildman–Crippen MR) is 65.1 cm³/mol. The summed E-state index contributed by atoms with van der Waals surface area (Å²) in [6, 6.07) is 10.4. The highest BCUT2D eigenvalue weighted by Gasteiger charge is 2.36. The summed E-state index contributed by atoms with van der Waals surface area (Å²) in [6.45, 7) is 1.98. The molecule has 1 aliphatic rings. The smallest absolute Gasteiger partial charge is 0.0655 e. The van der Waals surface area contributed by atoms with Crippen molar-refractivity contribution >= 4 is 11.8 Å². The zero-order valence-electron chi connectivity index (χ0n) is 9.15. The first kappa shape index (κ1) is 11.0. The average Bonchev–Trinajstić information content (AvgIpc) is 2.56. The van der Waals surface area contributed by atoms with Crippen molar-refractivity contribution in [2.24, 2.45) is 5.92 Å². The molecule has 1 nitrogen and oxygen atoms in total. The van der Waals surface area contributed by atoms with Crippen molar-refractivity contribution < 1.29 is 5.11 Å². The summed E-state index contributed by atoms with van der Waals surface area (Å²) >= 11 is 1.86. The number of thioether (sulfide) groups is 1. The normalized spacial score (nSPS) is 30.7. The van der Waals surface area contributed by atoms with E-state index in [-0.39, 0.29) is 0 Å². The zero-order valence-corrected chi connectivity index (χ0v) is 9.96. The van der Waals surface area contributed by atoms with E-state index in [0.29, 0.717) is 5.92 Å². The minimum Gasteiger partial charge on any atom is -0.390 e. The number of hydrogen-bond acceptors (Lipinski definition) is 2. The minimum atomic E-state index is -0.429. The fourth-order valence-electron chi connectivity index (χ4n) is 2.20. The van der Waals surface area contributed by atoms with Crippen LogP contribution in [-0.2, 0) is 0 Å². The molecule has 1 aliphatic carbocycles. The van der Waals surface area contributed by atoms with Crippen LogP contribution in [0.15, 0.2) is 35.2 Å². The van der Waals surface area contributed by atoms with Crippen molar-refractivity contribution in [2.75, 3.05) is 5.75 Å². The van der Waals surface area contributed by atoms with E-state index < -0.39 is 5.60 Å². The SMILES string of the molecule is CC1(O)CCCC1CSc1ccccc1. The average molecular weight is 222 g/mol. The first-order chi connectivity index (χ1) is 7.18. The van der Waals surface area contributed by atoms with Crippen molar-refractivity contribution in [1.29, 1.82) is 0 Å². The van der Waals surface area contributed by atoms with Crippen LogP contribution in [0.4, 0.5) is 0 Å². The van der Waals surface area contributed by atoms with Gasteiger partial charge >= 0.3 is 0 Å². The molecule has 0 bridgehead atoms. The molecular formula is C13H18OS. The molecule has 0 radical (unpaired) electrons. The monoisotopic (exact) mass is 222 g/mol. The molecule has 1 N–H and O–H groups in total. The van der Waals surface area contributed by atoms with E-state index in [0.717, 1.165) is 12.2 Å². The van der Waals surface area contributed by atoms with Crippen molar-refractivity contribution in [2.45, 2.75) is 36.7 Å². The highest BCUT2D eigenvalue weighted by atomic mass is 32.2. The largest absolute Gasteiger partial charge is 0.390 e. The summed E-state index contributed by atoms with van der Waals surface area (Å²) in [5.74, 6) is 1.50. The highest BCUT2D eigenvalue weighted by Crippen LogP contribution is 2.38. The van der Waals surface area contributed by atoms with Crippen LogP contribution in [0.5, 0.6) is 0 Å². The third-order valence-electron chi connectivity index (χ3n) is 3.31. The molecule has 1 aromatic rings. The van der Waals surface area contributed by atoms with Crippen LogP contribution in [0.1, 0.15) is 26.2 Å². The van der Waals surface area contributed by atoms with Crippen LogP contribution >= 0.6 is 11.8 Å². The van der Waals surface area contributed by atoms with E-state index in [2.05, 4.69) is 24.3 Å². The Labute approximate surface area is 95.9 Å². The lowest BCUT2D eigenvalue weighted by Crippen LogP contribution is -2.30. The molecule has 0 heterocycles. The molecule has 0 saturated heterocycles. The van der Waals surface area contributed by atoms with Gasteiger partial charge in [-0.25, -0.2) is 0 Å². The van der Waals surface area contributed by atoms with Crippen molar-refractivity contribution in [3.8, 4) is 0 Å². The first-order valence-corrected chi connectivity index (χ1v) is 6.57. The molecule has 1 fully saturated rings. The Bertz CT molecular complexity index is 308. The first-order valence-electron chi connectivity index (χ1n) is 5.59. The fourth-order valence-corrected chi connectivity index (χ4v) is 3.47. The molecule has 0 aliphatic heterocycles. The summed E-state index contributed by atoms with van der Waals surface area (Å²) in [7, 11) is 0. The van der Waals surface area contributed by atoms with Gasteiger partial charge < -0.3 is 5.11 Å². The number of hydrogen-bond donors (Lipinski definition) is 1. The van der Waals surface area contributed by atoms with Gasteiger partial charge in [0.15, 0.2) is 0 Å². The van der Waals surface area contributed by atoms with Gasteiger partial charge in [0.2, 0.25) is 0 Å². The Kier molecular flexibility index (Phi) is 3.37. The van der Waals surface area contributed by atoms with Gasteiger partial charge in [0.05, 0.1) is 5.60 Å². The predicted octanol–water partition coefficient (Wildman–Crippen LogP) is 3.33. The molecule has 1 saturated carbocycles. The van der Waals surface area contributed by atoms with Gasteiger partial charge in [-0.3, -0.25) is 0 Å². The molecule has 2 atom stereocenters. The topological polar surface area (TPSA) is 20.2 Å². The third-order valence-corrected chi connectivity index (χ3v) is 4.48. The summed E-state index contributed by atoms with van der Waals surface area (Å²) in [5, 5.41) is 10.1. The molecule has 0 amide bonds. The quantitative estimate of drug-likeness (QED) is 0.792. The van der Waals surface area contributed by atoms with Crippen LogP contribution in [0.3, 0.4) is 0 Å². The van der Waals surface area contributed by atoms with Gasteiger partial charge in [-0.05, 0) is 37.8 Å². The van der Waals surface area contributed by atoms with Gasteiger partial charge in [-0.2, -0.15) is 0 Å². The lowest BCUT2D eigenvalue weighted by atomic mass is 9.95. The van der Waals surface area contributed by atoms with Crippen molar-refractivity contribution in [3.05, 3.63) is 30.3 Å². The number of rotatable bonds is 3. The minimum absolute atomic E-state index is 0.429. The highest BCUT2D eigenvalue weighted by molar-refractivity contribution is 7.99. The molecular weight excluding hydrogens is 204 g/mol. The Morgan fingerprint density at radius 1 is 1.40 bits per heavy atom. The standard InChI is InChI=1S/C13H18OS/c1-13(14)9-5-6-11(13)10-15-12-7-3-2-4-8-12/h2-4,7-8,11,14H,5-6,9-10H2,1H3. The zero-order chi connectivity index (χ0) is 10.7. The van der Waals surface area contributed by atoms with E-state index in [9.17, 15) is 5.11 Å². The Hall–Kier alpha value is -0.470. The second-order valence-corrected chi connectivity index (χ2v) is 5.66. The van der Waals surface area contributed by atoms with Crippen LogP contribution in [-0.4, -0.2) is 16.5 Å². The second kappa shape index (κ2) is 4.58. The lowest BCUT2D eigenvalue weighted by Gasteiger charge is -2.25. The number of aliphatic hydroxyl groups is 1. The summed E-state index contributed by atoms with van der Waals surface area (Å²) in [6.07, 6.45) is 3.31. The van der Waals surface area contributed by atoms with Crippen molar-refractivity contribution in [1.82, 2.24) is 0 Å². The summed E-state index contributed by atoms with van der Waals surface area (Å²) in [5.41, 5.74) is -0.429. The molecule has 1 aromatic carbocycles. The molecule has 15 heavy (non-hydrogen) atoms. The van der Waals surface area contributed by atoms with E-state index in [1.54, 1.807) is 0 Å². The molecule has 82 valence electrons. The molecule has 2 heteroatoms. The third kappa shape index (κ3) is 2.76. The lowest BCUT2D eigenvalue weighted by molar-refractivity contribution is 0.0303. The molecule has 0 aromatic heterocycles. The van der Waals surface area contributed by atoms with Crippen LogP contribution < -0.4 is 0 Å². The van der Waals surface area contributed by atoms with Gasteiger partial charge in [0.25, 0.3) is 0 Å². The van der Waals surface area contributed by atoms with E-state index >= 15 is 0 Å². The van der Waals surface area contributed by atoms with E-state index in [4.69, 9.17) is 0 Å². The summed E-state index contributed by atoms with van der Waals surface area (Å²) in [4.78, 5) is 1.31. The van der Waals surface area contributed by atoms with Crippen LogP contribution in [0.2, 0.25) is 0 Å². The maximum Gasteiger partial charge on any atom is 0.0655 e. The van der Waals surface area contributed by atoms with Crippen LogP contribution in [0.25, 0.3) is 0 Å². The Morgan fingerprint density at radius 3 is 2.73 bits per heavy atom. The van der Waals surface area contributed by atoms with E-state index in [1.165, 1.54) is 17.7 Å². The van der Waals surface area contributed by atoms with Gasteiger partial charge in [-0.1, -0.05) is 24.6 Å². The molecule has 2 unspecified atom stereocenters.